The Balaban J connectivity index is 1.81. The molecule has 110 valence electrons. The summed E-state index contributed by atoms with van der Waals surface area (Å²) in [7, 11) is 0. The molecule has 2 aliphatic rings. The van der Waals surface area contributed by atoms with E-state index in [1.807, 2.05) is 0 Å². The van der Waals surface area contributed by atoms with E-state index < -0.39 is 0 Å². The molecule has 1 aliphatic carbocycles. The third-order valence-corrected chi connectivity index (χ3v) is 5.21. The molecule has 2 nitrogen and oxygen atoms in total. The van der Waals surface area contributed by atoms with E-state index in [1.54, 1.807) is 0 Å². The van der Waals surface area contributed by atoms with Gasteiger partial charge in [-0.2, -0.15) is 0 Å². The summed E-state index contributed by atoms with van der Waals surface area (Å²) in [6, 6.07) is 9.33. The van der Waals surface area contributed by atoms with Gasteiger partial charge in [-0.25, -0.2) is 0 Å². The van der Waals surface area contributed by atoms with Gasteiger partial charge >= 0.3 is 0 Å². The first kappa shape index (κ1) is 14.1. The number of rotatable bonds is 4. The highest BCUT2D eigenvalue weighted by Crippen LogP contribution is 2.47. The van der Waals surface area contributed by atoms with Crippen LogP contribution in [-0.4, -0.2) is 18.8 Å². The molecule has 2 heteroatoms. The number of aryl methyl sites for hydroxylation is 1. The van der Waals surface area contributed by atoms with E-state index in [2.05, 4.69) is 43.4 Å². The van der Waals surface area contributed by atoms with Crippen molar-refractivity contribution < 1.29 is 4.74 Å². The van der Waals surface area contributed by atoms with E-state index in [0.717, 1.165) is 13.2 Å². The summed E-state index contributed by atoms with van der Waals surface area (Å²) in [4.78, 5) is 0. The number of hydrogen-bond donors (Lipinski definition) is 1. The molecule has 1 N–H and O–H groups in total. The molecule has 0 bridgehead atoms. The highest BCUT2D eigenvalue weighted by molar-refractivity contribution is 5.29. The number of hydrogen-bond acceptors (Lipinski definition) is 2. The summed E-state index contributed by atoms with van der Waals surface area (Å²) in [6.45, 7) is 6.42. The summed E-state index contributed by atoms with van der Waals surface area (Å²) in [5.41, 5.74) is 3.13. The molecule has 1 aliphatic heterocycles. The van der Waals surface area contributed by atoms with E-state index in [-0.39, 0.29) is 5.60 Å². The number of nitrogens with one attached hydrogen (secondary N) is 1. The summed E-state index contributed by atoms with van der Waals surface area (Å²) in [5, 5.41) is 3.74. The molecule has 1 aromatic carbocycles. The molecule has 0 radical (unpaired) electrons. The van der Waals surface area contributed by atoms with Crippen LogP contribution in [0.1, 0.15) is 56.2 Å². The van der Waals surface area contributed by atoms with Gasteiger partial charge in [0.2, 0.25) is 0 Å². The van der Waals surface area contributed by atoms with Crippen LogP contribution in [-0.2, 0) is 4.74 Å². The maximum atomic E-state index is 6.10. The van der Waals surface area contributed by atoms with Crippen LogP contribution in [0.15, 0.2) is 24.3 Å². The fourth-order valence-electron chi connectivity index (χ4n) is 3.96. The first-order chi connectivity index (χ1) is 9.74. The van der Waals surface area contributed by atoms with Gasteiger partial charge in [-0.05, 0) is 62.6 Å². The Bertz CT molecular complexity index is 452. The van der Waals surface area contributed by atoms with Gasteiger partial charge in [-0.3, -0.25) is 0 Å². The quantitative estimate of drug-likeness (QED) is 0.895. The summed E-state index contributed by atoms with van der Waals surface area (Å²) < 4.78 is 6.10. The zero-order valence-electron chi connectivity index (χ0n) is 12.8. The second-order valence-electron chi connectivity index (χ2n) is 6.53. The fourth-order valence-corrected chi connectivity index (χ4v) is 3.96. The normalized spacial score (nSPS) is 26.2. The molecule has 1 saturated heterocycles. The van der Waals surface area contributed by atoms with Crippen LogP contribution in [0.4, 0.5) is 0 Å². The van der Waals surface area contributed by atoms with E-state index in [0.29, 0.717) is 12.0 Å². The maximum Gasteiger partial charge on any atom is 0.0686 e. The minimum absolute atomic E-state index is 0.235. The maximum absolute atomic E-state index is 6.10. The van der Waals surface area contributed by atoms with Gasteiger partial charge < -0.3 is 10.1 Å². The Morgan fingerprint density at radius 3 is 2.80 bits per heavy atom. The molecule has 1 spiro atoms. The fraction of sp³-hybridized carbons (Fsp3) is 0.667. The third kappa shape index (κ3) is 2.64. The second-order valence-corrected chi connectivity index (χ2v) is 6.53. The highest BCUT2D eigenvalue weighted by atomic mass is 16.5. The Hall–Kier alpha value is -0.860. The summed E-state index contributed by atoms with van der Waals surface area (Å²) in [6.07, 6.45) is 6.32. The molecule has 2 fully saturated rings. The molecule has 2 atom stereocenters. The van der Waals surface area contributed by atoms with Crippen molar-refractivity contribution >= 4 is 0 Å². The van der Waals surface area contributed by atoms with Crippen molar-refractivity contribution in [2.24, 2.45) is 5.92 Å². The molecular weight excluding hydrogens is 246 g/mol. The highest BCUT2D eigenvalue weighted by Gasteiger charge is 2.44. The summed E-state index contributed by atoms with van der Waals surface area (Å²) in [5.74, 6) is 0.713. The number of ether oxygens (including phenoxy) is 1. The largest absolute Gasteiger partial charge is 0.375 e. The average molecular weight is 273 g/mol. The van der Waals surface area contributed by atoms with Crippen LogP contribution < -0.4 is 5.32 Å². The van der Waals surface area contributed by atoms with Crippen molar-refractivity contribution in [3.63, 3.8) is 0 Å². The minimum atomic E-state index is 0.235. The lowest BCUT2D eigenvalue weighted by atomic mass is 9.69. The van der Waals surface area contributed by atoms with Crippen LogP contribution in [0, 0.1) is 12.8 Å². The lowest BCUT2D eigenvalue weighted by Crippen LogP contribution is -2.48. The van der Waals surface area contributed by atoms with Gasteiger partial charge in [0.25, 0.3) is 0 Å². The van der Waals surface area contributed by atoms with E-state index in [4.69, 9.17) is 4.74 Å². The van der Waals surface area contributed by atoms with Crippen LogP contribution in [0.3, 0.4) is 0 Å². The van der Waals surface area contributed by atoms with Crippen LogP contribution in [0.2, 0.25) is 0 Å². The average Bonchev–Trinajstić information content (AvgIpc) is 2.44. The van der Waals surface area contributed by atoms with Gasteiger partial charge in [0.05, 0.1) is 5.60 Å². The van der Waals surface area contributed by atoms with E-state index in [9.17, 15) is 0 Å². The first-order valence-electron chi connectivity index (χ1n) is 8.17. The molecule has 1 heterocycles. The Morgan fingerprint density at radius 1 is 1.35 bits per heavy atom. The van der Waals surface area contributed by atoms with Gasteiger partial charge in [0.1, 0.15) is 0 Å². The number of benzene rings is 1. The lowest BCUT2D eigenvalue weighted by Gasteiger charge is -2.49. The SMILES string of the molecule is CCNC(c1ccccc1C)C1CCOC2(CCC2)C1. The van der Waals surface area contributed by atoms with E-state index in [1.165, 1.54) is 43.2 Å². The molecule has 1 aromatic rings. The third-order valence-electron chi connectivity index (χ3n) is 5.21. The van der Waals surface area contributed by atoms with Crippen molar-refractivity contribution in [2.45, 2.75) is 57.6 Å². The van der Waals surface area contributed by atoms with Crippen molar-refractivity contribution in [1.82, 2.24) is 5.32 Å². The predicted octanol–water partition coefficient (Wildman–Crippen LogP) is 3.99. The van der Waals surface area contributed by atoms with Crippen molar-refractivity contribution in [2.75, 3.05) is 13.2 Å². The van der Waals surface area contributed by atoms with Gasteiger partial charge in [-0.1, -0.05) is 31.2 Å². The van der Waals surface area contributed by atoms with Crippen molar-refractivity contribution in [3.8, 4) is 0 Å². The molecular formula is C18H27NO. The molecule has 3 rings (SSSR count). The van der Waals surface area contributed by atoms with E-state index >= 15 is 0 Å². The minimum Gasteiger partial charge on any atom is -0.375 e. The summed E-state index contributed by atoms with van der Waals surface area (Å²) >= 11 is 0. The zero-order chi connectivity index (χ0) is 14.0. The lowest BCUT2D eigenvalue weighted by molar-refractivity contribution is -0.147. The Labute approximate surface area is 122 Å². The molecule has 0 amide bonds. The predicted molar refractivity (Wildman–Crippen MR) is 82.9 cm³/mol. The van der Waals surface area contributed by atoms with Gasteiger partial charge in [0, 0.05) is 12.6 Å². The van der Waals surface area contributed by atoms with Crippen LogP contribution >= 0.6 is 0 Å². The van der Waals surface area contributed by atoms with Gasteiger partial charge in [0.15, 0.2) is 0 Å². The standard InChI is InChI=1S/C18H27NO/c1-3-19-17(16-8-5-4-7-14(16)2)15-9-12-20-18(13-15)10-6-11-18/h4-5,7-8,15,17,19H,3,6,9-13H2,1-2H3. The van der Waals surface area contributed by atoms with Crippen LogP contribution in [0.5, 0.6) is 0 Å². The Morgan fingerprint density at radius 2 is 2.15 bits per heavy atom. The first-order valence-corrected chi connectivity index (χ1v) is 8.17. The van der Waals surface area contributed by atoms with Crippen molar-refractivity contribution in [3.05, 3.63) is 35.4 Å². The topological polar surface area (TPSA) is 21.3 Å². The second kappa shape index (κ2) is 5.87. The van der Waals surface area contributed by atoms with Crippen molar-refractivity contribution in [1.29, 1.82) is 0 Å². The molecule has 20 heavy (non-hydrogen) atoms. The van der Waals surface area contributed by atoms with Gasteiger partial charge in [-0.15, -0.1) is 0 Å². The molecule has 2 unspecified atom stereocenters. The smallest absolute Gasteiger partial charge is 0.0686 e. The monoisotopic (exact) mass is 273 g/mol. The van der Waals surface area contributed by atoms with Crippen LogP contribution in [0.25, 0.3) is 0 Å². The molecule has 0 aromatic heterocycles. The molecule has 1 saturated carbocycles. The Kier molecular flexibility index (Phi) is 4.13. The zero-order valence-corrected chi connectivity index (χ0v) is 12.8.